The molecule has 0 radical (unpaired) electrons. The Morgan fingerprint density at radius 3 is 2.68 bits per heavy atom. The van der Waals surface area contributed by atoms with Crippen LogP contribution in [-0.2, 0) is 6.54 Å². The lowest BCUT2D eigenvalue weighted by molar-refractivity contribution is 1.12. The van der Waals surface area contributed by atoms with Crippen LogP contribution < -0.4 is 5.32 Å². The summed E-state index contributed by atoms with van der Waals surface area (Å²) < 4.78 is 2.11. The number of fused-ring (bicyclic) bond motifs is 1. The van der Waals surface area contributed by atoms with E-state index in [9.17, 15) is 0 Å². The molecule has 0 saturated carbocycles. The van der Waals surface area contributed by atoms with Crippen LogP contribution in [0, 0.1) is 13.8 Å². The van der Waals surface area contributed by atoms with Crippen LogP contribution in [0.5, 0.6) is 0 Å². The van der Waals surface area contributed by atoms with Crippen molar-refractivity contribution >= 4 is 34.5 Å². The maximum Gasteiger partial charge on any atom is 0.183 e. The average Bonchev–Trinajstić information content (AvgIpc) is 3.16. The summed E-state index contributed by atoms with van der Waals surface area (Å²) in [6.07, 6.45) is 2.07. The number of thiazole rings is 1. The maximum absolute atomic E-state index is 4.75. The summed E-state index contributed by atoms with van der Waals surface area (Å²) in [6, 6.07) is 14.5. The molecule has 0 unspecified atom stereocenters. The summed E-state index contributed by atoms with van der Waals surface area (Å²) >= 11 is 1.62. The summed E-state index contributed by atoms with van der Waals surface area (Å²) in [5, 5.41) is 6.41. The predicted octanol–water partition coefficient (Wildman–Crippen LogP) is 5.11. The van der Waals surface area contributed by atoms with Crippen molar-refractivity contribution in [2.45, 2.75) is 20.4 Å². The van der Waals surface area contributed by atoms with Gasteiger partial charge in [0.2, 0.25) is 0 Å². The van der Waals surface area contributed by atoms with Crippen molar-refractivity contribution in [2.24, 2.45) is 0 Å². The van der Waals surface area contributed by atoms with Crippen molar-refractivity contribution in [1.82, 2.24) is 14.4 Å². The van der Waals surface area contributed by atoms with Gasteiger partial charge < -0.3 is 5.32 Å². The summed E-state index contributed by atoms with van der Waals surface area (Å²) in [7, 11) is 0. The molecule has 3 aromatic heterocycles. The molecular formula is C19H19ClN4S. The highest BCUT2D eigenvalue weighted by atomic mass is 35.5. The van der Waals surface area contributed by atoms with E-state index < -0.39 is 0 Å². The van der Waals surface area contributed by atoms with Gasteiger partial charge in [0, 0.05) is 18.1 Å². The fourth-order valence-electron chi connectivity index (χ4n) is 2.81. The molecule has 4 rings (SSSR count). The van der Waals surface area contributed by atoms with Crippen molar-refractivity contribution in [2.75, 3.05) is 5.32 Å². The van der Waals surface area contributed by atoms with Gasteiger partial charge in [0.05, 0.1) is 11.4 Å². The number of hydrogen-bond donors (Lipinski definition) is 1. The standard InChI is InChI=1S/C19H18N4S.ClH/c1-13-8-9-23-17(10-13)21-14(2)18(23)16-12-24-19(22-16)20-11-15-6-4-3-5-7-15;/h3-10,12H,11H2,1-2H3,(H,20,22);1H. The van der Waals surface area contributed by atoms with Gasteiger partial charge in [-0.05, 0) is 37.1 Å². The van der Waals surface area contributed by atoms with E-state index in [0.29, 0.717) is 0 Å². The zero-order valence-electron chi connectivity index (χ0n) is 14.1. The summed E-state index contributed by atoms with van der Waals surface area (Å²) in [6.45, 7) is 4.89. The SMILES string of the molecule is Cc1ccn2c(-c3csc(NCc4ccccc4)n3)c(C)nc2c1.Cl. The molecule has 0 aliphatic carbocycles. The molecule has 0 bridgehead atoms. The Labute approximate surface area is 157 Å². The van der Waals surface area contributed by atoms with E-state index in [1.165, 1.54) is 11.1 Å². The van der Waals surface area contributed by atoms with E-state index in [1.807, 2.05) is 25.1 Å². The Morgan fingerprint density at radius 2 is 1.88 bits per heavy atom. The predicted molar refractivity (Wildman–Crippen MR) is 107 cm³/mol. The highest BCUT2D eigenvalue weighted by Crippen LogP contribution is 2.28. The zero-order valence-corrected chi connectivity index (χ0v) is 15.7. The van der Waals surface area contributed by atoms with Crippen LogP contribution in [0.2, 0.25) is 0 Å². The van der Waals surface area contributed by atoms with E-state index in [1.54, 1.807) is 11.3 Å². The molecule has 3 heterocycles. The molecule has 6 heteroatoms. The Morgan fingerprint density at radius 1 is 1.08 bits per heavy atom. The third-order valence-electron chi connectivity index (χ3n) is 3.99. The first-order chi connectivity index (χ1) is 11.7. The van der Waals surface area contributed by atoms with Gasteiger partial charge in [-0.1, -0.05) is 30.3 Å². The molecule has 0 aliphatic heterocycles. The average molecular weight is 371 g/mol. The Hall–Kier alpha value is -2.37. The highest BCUT2D eigenvalue weighted by Gasteiger charge is 2.14. The van der Waals surface area contributed by atoms with E-state index in [4.69, 9.17) is 4.98 Å². The minimum Gasteiger partial charge on any atom is -0.357 e. The minimum absolute atomic E-state index is 0. The number of anilines is 1. The quantitative estimate of drug-likeness (QED) is 0.542. The zero-order chi connectivity index (χ0) is 16.5. The molecule has 4 aromatic rings. The molecular weight excluding hydrogens is 352 g/mol. The van der Waals surface area contributed by atoms with Gasteiger partial charge in [-0.25, -0.2) is 9.97 Å². The first-order valence-electron chi connectivity index (χ1n) is 7.90. The van der Waals surface area contributed by atoms with Crippen LogP contribution in [-0.4, -0.2) is 14.4 Å². The molecule has 0 amide bonds. The van der Waals surface area contributed by atoms with Gasteiger partial charge in [-0.15, -0.1) is 23.7 Å². The molecule has 4 nitrogen and oxygen atoms in total. The largest absolute Gasteiger partial charge is 0.357 e. The maximum atomic E-state index is 4.75. The Bertz CT molecular complexity index is 991. The van der Waals surface area contributed by atoms with Crippen LogP contribution in [0.15, 0.2) is 54.0 Å². The minimum atomic E-state index is 0. The van der Waals surface area contributed by atoms with Crippen LogP contribution in [0.3, 0.4) is 0 Å². The van der Waals surface area contributed by atoms with E-state index in [0.717, 1.165) is 34.4 Å². The molecule has 1 N–H and O–H groups in total. The van der Waals surface area contributed by atoms with Gasteiger partial charge in [0.25, 0.3) is 0 Å². The van der Waals surface area contributed by atoms with Crippen molar-refractivity contribution in [3.63, 3.8) is 0 Å². The van der Waals surface area contributed by atoms with Crippen LogP contribution >= 0.6 is 23.7 Å². The third-order valence-corrected chi connectivity index (χ3v) is 4.79. The number of hydrogen-bond acceptors (Lipinski definition) is 4. The number of benzene rings is 1. The number of imidazole rings is 1. The number of pyridine rings is 1. The third kappa shape index (κ3) is 3.52. The monoisotopic (exact) mass is 370 g/mol. The molecule has 25 heavy (non-hydrogen) atoms. The molecule has 0 aliphatic rings. The summed E-state index contributed by atoms with van der Waals surface area (Å²) in [5.41, 5.74) is 6.45. The number of aryl methyl sites for hydroxylation is 2. The lowest BCUT2D eigenvalue weighted by atomic mass is 10.2. The number of nitrogens with one attached hydrogen (secondary N) is 1. The van der Waals surface area contributed by atoms with E-state index >= 15 is 0 Å². The van der Waals surface area contributed by atoms with Gasteiger partial charge in [-0.2, -0.15) is 0 Å². The second-order valence-electron chi connectivity index (χ2n) is 5.86. The topological polar surface area (TPSA) is 42.2 Å². The lowest BCUT2D eigenvalue weighted by Crippen LogP contribution is -1.98. The molecule has 0 saturated heterocycles. The number of nitrogens with zero attached hydrogens (tertiary/aromatic N) is 3. The van der Waals surface area contributed by atoms with Crippen molar-refractivity contribution in [3.8, 4) is 11.4 Å². The van der Waals surface area contributed by atoms with Crippen molar-refractivity contribution in [3.05, 3.63) is 70.9 Å². The summed E-state index contributed by atoms with van der Waals surface area (Å²) in [5.74, 6) is 0. The lowest BCUT2D eigenvalue weighted by Gasteiger charge is -2.02. The van der Waals surface area contributed by atoms with Crippen LogP contribution in [0.4, 0.5) is 5.13 Å². The molecule has 0 fully saturated rings. The Balaban J connectivity index is 0.00000182. The molecule has 128 valence electrons. The van der Waals surface area contributed by atoms with E-state index in [-0.39, 0.29) is 12.4 Å². The number of rotatable bonds is 4. The first kappa shape index (κ1) is 17.5. The summed E-state index contributed by atoms with van der Waals surface area (Å²) in [4.78, 5) is 9.41. The number of aromatic nitrogens is 3. The first-order valence-corrected chi connectivity index (χ1v) is 8.78. The van der Waals surface area contributed by atoms with Crippen molar-refractivity contribution in [1.29, 1.82) is 0 Å². The van der Waals surface area contributed by atoms with Gasteiger partial charge >= 0.3 is 0 Å². The van der Waals surface area contributed by atoms with Gasteiger partial charge in [0.1, 0.15) is 11.3 Å². The van der Waals surface area contributed by atoms with Crippen molar-refractivity contribution < 1.29 is 0 Å². The smallest absolute Gasteiger partial charge is 0.183 e. The normalized spacial score (nSPS) is 10.6. The highest BCUT2D eigenvalue weighted by molar-refractivity contribution is 7.14. The molecule has 0 spiro atoms. The second-order valence-corrected chi connectivity index (χ2v) is 6.71. The fraction of sp³-hybridized carbons (Fsp3) is 0.158. The number of halogens is 1. The van der Waals surface area contributed by atoms with Crippen LogP contribution in [0.1, 0.15) is 16.8 Å². The van der Waals surface area contributed by atoms with Gasteiger partial charge in [0.15, 0.2) is 5.13 Å². The molecule has 0 atom stereocenters. The Kier molecular flexibility index (Phi) is 5.06. The fourth-order valence-corrected chi connectivity index (χ4v) is 3.50. The van der Waals surface area contributed by atoms with E-state index in [2.05, 4.69) is 57.5 Å². The van der Waals surface area contributed by atoms with Crippen LogP contribution in [0.25, 0.3) is 17.0 Å². The second kappa shape index (κ2) is 7.25. The molecule has 1 aromatic carbocycles. The van der Waals surface area contributed by atoms with Gasteiger partial charge in [-0.3, -0.25) is 4.40 Å².